The normalized spacial score (nSPS) is 17.9. The van der Waals surface area contributed by atoms with E-state index in [0.29, 0.717) is 23.3 Å². The van der Waals surface area contributed by atoms with Crippen LogP contribution in [0.4, 0.5) is 5.69 Å². The summed E-state index contributed by atoms with van der Waals surface area (Å²) in [6.07, 6.45) is 6.73. The standard InChI is InChI=1S/C27H32N4O3S/c1-18-15-19-9-7-8-12-22(19)30(18)25(32)17-35-27-29-28-26(31(27)21-10-5-4-6-11-21)20-13-14-23(33-2)24(16-20)34-3/h7-9,12-14,16,18,21H,4-6,10-11,15,17H2,1-3H3. The van der Waals surface area contributed by atoms with Crippen molar-refractivity contribution in [2.75, 3.05) is 24.9 Å². The fraction of sp³-hybridized carbons (Fsp3) is 0.444. The number of ether oxygens (including phenoxy) is 2. The predicted molar refractivity (Wildman–Crippen MR) is 139 cm³/mol. The number of carbonyl (C=O) groups is 1. The lowest BCUT2D eigenvalue weighted by Crippen LogP contribution is -2.37. The number of aromatic nitrogens is 3. The SMILES string of the molecule is COc1ccc(-c2nnc(SCC(=O)N3c4ccccc4CC3C)n2C2CCCCC2)cc1OC. The molecule has 0 radical (unpaired) electrons. The maximum absolute atomic E-state index is 13.3. The van der Waals surface area contributed by atoms with Crippen LogP contribution in [-0.4, -0.2) is 46.7 Å². The second-order valence-corrected chi connectivity index (χ2v) is 10.2. The Balaban J connectivity index is 1.42. The molecule has 0 saturated heterocycles. The van der Waals surface area contributed by atoms with Crippen LogP contribution in [0, 0.1) is 0 Å². The van der Waals surface area contributed by atoms with E-state index in [4.69, 9.17) is 9.47 Å². The lowest BCUT2D eigenvalue weighted by atomic mass is 9.95. The Kier molecular flexibility index (Phi) is 7.00. The number of nitrogens with zero attached hydrogens (tertiary/aromatic N) is 4. The van der Waals surface area contributed by atoms with E-state index in [1.54, 1.807) is 14.2 Å². The summed E-state index contributed by atoms with van der Waals surface area (Å²) >= 11 is 1.49. The van der Waals surface area contributed by atoms with Crippen molar-refractivity contribution < 1.29 is 14.3 Å². The van der Waals surface area contributed by atoms with Gasteiger partial charge in [0.25, 0.3) is 0 Å². The van der Waals surface area contributed by atoms with Gasteiger partial charge < -0.3 is 14.4 Å². The van der Waals surface area contributed by atoms with Crippen molar-refractivity contribution in [2.24, 2.45) is 0 Å². The van der Waals surface area contributed by atoms with Gasteiger partial charge in [0.1, 0.15) is 0 Å². The molecule has 2 heterocycles. The first-order valence-electron chi connectivity index (χ1n) is 12.3. The maximum atomic E-state index is 13.3. The molecule has 3 aromatic rings. The highest BCUT2D eigenvalue weighted by atomic mass is 32.2. The molecule has 2 aliphatic rings. The van der Waals surface area contributed by atoms with Crippen LogP contribution in [0.5, 0.6) is 11.5 Å². The van der Waals surface area contributed by atoms with Gasteiger partial charge in [-0.2, -0.15) is 0 Å². The number of rotatable bonds is 7. The van der Waals surface area contributed by atoms with E-state index in [2.05, 4.69) is 27.8 Å². The number of fused-ring (bicyclic) bond motifs is 1. The van der Waals surface area contributed by atoms with Crippen molar-refractivity contribution in [3.63, 3.8) is 0 Å². The fourth-order valence-corrected chi connectivity index (χ4v) is 6.22. The molecule has 1 fully saturated rings. The molecule has 1 aliphatic heterocycles. The van der Waals surface area contributed by atoms with Crippen molar-refractivity contribution in [3.05, 3.63) is 48.0 Å². The van der Waals surface area contributed by atoms with Gasteiger partial charge in [-0.1, -0.05) is 49.2 Å². The molecule has 1 amide bonds. The van der Waals surface area contributed by atoms with Crippen LogP contribution in [-0.2, 0) is 11.2 Å². The Hall–Kier alpha value is -3.00. The van der Waals surface area contributed by atoms with Gasteiger partial charge in [-0.3, -0.25) is 9.36 Å². The van der Waals surface area contributed by atoms with Gasteiger partial charge in [-0.25, -0.2) is 0 Å². The topological polar surface area (TPSA) is 69.5 Å². The highest BCUT2D eigenvalue weighted by Gasteiger charge is 2.31. The molecular formula is C27H32N4O3S. The molecule has 1 atom stereocenters. The highest BCUT2D eigenvalue weighted by Crippen LogP contribution is 2.39. The minimum Gasteiger partial charge on any atom is -0.493 e. The quantitative estimate of drug-likeness (QED) is 0.404. The Morgan fingerprint density at radius 3 is 2.57 bits per heavy atom. The van der Waals surface area contributed by atoms with E-state index in [0.717, 1.165) is 41.5 Å². The first-order valence-corrected chi connectivity index (χ1v) is 13.3. The smallest absolute Gasteiger partial charge is 0.237 e. The molecule has 1 aromatic heterocycles. The summed E-state index contributed by atoms with van der Waals surface area (Å²) in [6.45, 7) is 2.11. The summed E-state index contributed by atoms with van der Waals surface area (Å²) in [6, 6.07) is 14.5. The molecule has 0 spiro atoms. The molecule has 1 saturated carbocycles. The molecule has 184 valence electrons. The summed E-state index contributed by atoms with van der Waals surface area (Å²) in [7, 11) is 3.27. The Morgan fingerprint density at radius 2 is 1.80 bits per heavy atom. The van der Waals surface area contributed by atoms with E-state index in [-0.39, 0.29) is 11.9 Å². The van der Waals surface area contributed by atoms with E-state index in [9.17, 15) is 4.79 Å². The lowest BCUT2D eigenvalue weighted by molar-refractivity contribution is -0.116. The molecule has 0 N–H and O–H groups in total. The number of methoxy groups -OCH3 is 2. The Bertz CT molecular complexity index is 1200. The summed E-state index contributed by atoms with van der Waals surface area (Å²) in [4.78, 5) is 15.3. The number of hydrogen-bond donors (Lipinski definition) is 0. The van der Waals surface area contributed by atoms with Crippen LogP contribution < -0.4 is 14.4 Å². The zero-order valence-corrected chi connectivity index (χ0v) is 21.4. The third-order valence-electron chi connectivity index (χ3n) is 7.05. The van der Waals surface area contributed by atoms with Crippen LogP contribution >= 0.6 is 11.8 Å². The van der Waals surface area contributed by atoms with Gasteiger partial charge in [-0.15, -0.1) is 10.2 Å². The third-order valence-corrected chi connectivity index (χ3v) is 7.97. The summed E-state index contributed by atoms with van der Waals surface area (Å²) < 4.78 is 13.2. The minimum absolute atomic E-state index is 0.110. The van der Waals surface area contributed by atoms with Crippen molar-refractivity contribution >= 4 is 23.4 Å². The summed E-state index contributed by atoms with van der Waals surface area (Å²) in [5, 5.41) is 9.95. The number of thioether (sulfide) groups is 1. The largest absolute Gasteiger partial charge is 0.493 e. The first kappa shape index (κ1) is 23.7. The van der Waals surface area contributed by atoms with Crippen LogP contribution in [0.1, 0.15) is 50.6 Å². The van der Waals surface area contributed by atoms with Gasteiger partial charge in [0.2, 0.25) is 5.91 Å². The van der Waals surface area contributed by atoms with Gasteiger partial charge in [0.15, 0.2) is 22.5 Å². The zero-order chi connectivity index (χ0) is 24.4. The monoisotopic (exact) mass is 492 g/mol. The fourth-order valence-electron chi connectivity index (χ4n) is 5.36. The van der Waals surface area contributed by atoms with Crippen LogP contribution in [0.2, 0.25) is 0 Å². The molecular weight excluding hydrogens is 460 g/mol. The molecule has 1 aliphatic carbocycles. The molecule has 35 heavy (non-hydrogen) atoms. The van der Waals surface area contributed by atoms with Crippen LogP contribution in [0.25, 0.3) is 11.4 Å². The highest BCUT2D eigenvalue weighted by molar-refractivity contribution is 7.99. The van der Waals surface area contributed by atoms with E-state index >= 15 is 0 Å². The first-order chi connectivity index (χ1) is 17.1. The summed E-state index contributed by atoms with van der Waals surface area (Å²) in [5.74, 6) is 2.59. The maximum Gasteiger partial charge on any atom is 0.237 e. The minimum atomic E-state index is 0.110. The Morgan fingerprint density at radius 1 is 1.03 bits per heavy atom. The predicted octanol–water partition coefficient (Wildman–Crippen LogP) is 5.54. The second-order valence-electron chi connectivity index (χ2n) is 9.27. The van der Waals surface area contributed by atoms with Crippen LogP contribution in [0.15, 0.2) is 47.6 Å². The van der Waals surface area contributed by atoms with Gasteiger partial charge in [-0.05, 0) is 56.0 Å². The van der Waals surface area contributed by atoms with Gasteiger partial charge >= 0.3 is 0 Å². The number of anilines is 1. The third kappa shape index (κ3) is 4.63. The van der Waals surface area contributed by atoms with Crippen molar-refractivity contribution in [2.45, 2.75) is 62.7 Å². The van der Waals surface area contributed by atoms with Gasteiger partial charge in [0.05, 0.1) is 20.0 Å². The Labute approximate surface area is 210 Å². The van der Waals surface area contributed by atoms with Crippen molar-refractivity contribution in [1.29, 1.82) is 0 Å². The van der Waals surface area contributed by atoms with E-state index in [1.807, 2.05) is 41.3 Å². The van der Waals surface area contributed by atoms with Crippen LogP contribution in [0.3, 0.4) is 0 Å². The van der Waals surface area contributed by atoms with Crippen molar-refractivity contribution in [1.82, 2.24) is 14.8 Å². The van der Waals surface area contributed by atoms with E-state index in [1.165, 1.54) is 36.6 Å². The molecule has 0 bridgehead atoms. The van der Waals surface area contributed by atoms with Crippen molar-refractivity contribution in [3.8, 4) is 22.9 Å². The average Bonchev–Trinajstić information content (AvgIpc) is 3.47. The number of hydrogen-bond acceptors (Lipinski definition) is 6. The molecule has 2 aromatic carbocycles. The summed E-state index contributed by atoms with van der Waals surface area (Å²) in [5.41, 5.74) is 3.20. The molecule has 1 unspecified atom stereocenters. The molecule has 8 heteroatoms. The van der Waals surface area contributed by atoms with E-state index < -0.39 is 0 Å². The number of carbonyl (C=O) groups excluding carboxylic acids is 1. The molecule has 7 nitrogen and oxygen atoms in total. The molecule has 5 rings (SSSR count). The number of benzene rings is 2. The number of amides is 1. The lowest BCUT2D eigenvalue weighted by Gasteiger charge is -2.26. The number of para-hydroxylation sites is 1. The van der Waals surface area contributed by atoms with Gasteiger partial charge in [0, 0.05) is 23.3 Å². The zero-order valence-electron chi connectivity index (χ0n) is 20.6. The second kappa shape index (κ2) is 10.3. The average molecular weight is 493 g/mol.